The van der Waals surface area contributed by atoms with Crippen LogP contribution in [0, 0.1) is 6.92 Å². The molecule has 0 radical (unpaired) electrons. The molecule has 0 amide bonds. The second-order valence-electron chi connectivity index (χ2n) is 4.16. The zero-order valence-corrected chi connectivity index (χ0v) is 10.2. The summed E-state index contributed by atoms with van der Waals surface area (Å²) in [4.78, 5) is 5.64. The van der Waals surface area contributed by atoms with Gasteiger partial charge in [-0.3, -0.25) is 0 Å². The Labute approximate surface area is 94.9 Å². The highest BCUT2D eigenvalue weighted by molar-refractivity contribution is 7.11. The van der Waals surface area contributed by atoms with Crippen molar-refractivity contribution in [3.63, 3.8) is 0 Å². The first-order chi connectivity index (χ1) is 7.24. The predicted molar refractivity (Wildman–Crippen MR) is 62.4 cm³/mol. The van der Waals surface area contributed by atoms with E-state index in [9.17, 15) is 0 Å². The number of hydrogen-bond donors (Lipinski definition) is 1. The molecule has 1 saturated heterocycles. The first-order valence-electron chi connectivity index (χ1n) is 5.41. The Morgan fingerprint density at radius 1 is 1.53 bits per heavy atom. The number of hydrogen-bond acceptors (Lipinski definition) is 4. The molecule has 0 unspecified atom stereocenters. The summed E-state index contributed by atoms with van der Waals surface area (Å²) < 4.78 is 5.73. The number of nitrogens with zero attached hydrogens (tertiary/aromatic N) is 1. The van der Waals surface area contributed by atoms with Crippen molar-refractivity contribution >= 4 is 11.3 Å². The molecule has 1 aromatic rings. The Bertz CT molecular complexity index is 318. The van der Waals surface area contributed by atoms with E-state index in [-0.39, 0.29) is 5.60 Å². The quantitative estimate of drug-likeness (QED) is 0.853. The van der Waals surface area contributed by atoms with Crippen molar-refractivity contribution in [2.24, 2.45) is 0 Å². The van der Waals surface area contributed by atoms with Crippen LogP contribution in [0.15, 0.2) is 6.20 Å². The van der Waals surface area contributed by atoms with Gasteiger partial charge < -0.3 is 10.1 Å². The zero-order valence-electron chi connectivity index (χ0n) is 9.38. The highest BCUT2D eigenvalue weighted by Crippen LogP contribution is 2.29. The summed E-state index contributed by atoms with van der Waals surface area (Å²) in [6.45, 7) is 4.17. The van der Waals surface area contributed by atoms with Crippen molar-refractivity contribution in [3.8, 4) is 0 Å². The van der Waals surface area contributed by atoms with Gasteiger partial charge in [-0.2, -0.15) is 0 Å². The Hall–Kier alpha value is -0.450. The molecular formula is C11H18N2OS. The minimum atomic E-state index is 0.0459. The van der Waals surface area contributed by atoms with Crippen molar-refractivity contribution in [1.82, 2.24) is 10.3 Å². The van der Waals surface area contributed by atoms with Crippen LogP contribution in [0.4, 0.5) is 0 Å². The molecule has 0 bridgehead atoms. The van der Waals surface area contributed by atoms with Gasteiger partial charge in [0.05, 0.1) is 10.6 Å². The summed E-state index contributed by atoms with van der Waals surface area (Å²) in [7, 11) is 1.83. The van der Waals surface area contributed by atoms with E-state index in [1.165, 1.54) is 4.88 Å². The maximum Gasteiger partial charge on any atom is 0.0896 e. The fraction of sp³-hybridized carbons (Fsp3) is 0.727. The molecule has 0 saturated carbocycles. The van der Waals surface area contributed by atoms with Gasteiger partial charge in [0.1, 0.15) is 0 Å². The number of aromatic nitrogens is 1. The number of ether oxygens (including phenoxy) is 1. The van der Waals surface area contributed by atoms with Gasteiger partial charge in [0, 0.05) is 24.6 Å². The number of piperidine rings is 1. The molecule has 1 fully saturated rings. The molecule has 0 atom stereocenters. The SMILES string of the molecule is COC1(Cc2cnc(C)s2)CCNCC1. The van der Waals surface area contributed by atoms with E-state index in [4.69, 9.17) is 4.74 Å². The molecule has 2 heterocycles. The summed E-state index contributed by atoms with van der Waals surface area (Å²) in [5, 5.41) is 4.52. The minimum absolute atomic E-state index is 0.0459. The highest BCUT2D eigenvalue weighted by Gasteiger charge is 2.32. The third kappa shape index (κ3) is 2.56. The number of methoxy groups -OCH3 is 1. The molecule has 4 heteroatoms. The topological polar surface area (TPSA) is 34.1 Å². The minimum Gasteiger partial charge on any atom is -0.378 e. The molecule has 84 valence electrons. The van der Waals surface area contributed by atoms with Crippen molar-refractivity contribution < 1.29 is 4.74 Å². The van der Waals surface area contributed by atoms with E-state index >= 15 is 0 Å². The van der Waals surface area contributed by atoms with Crippen LogP contribution < -0.4 is 5.32 Å². The third-order valence-corrected chi connectivity index (χ3v) is 4.03. The second kappa shape index (κ2) is 4.60. The lowest BCUT2D eigenvalue weighted by atomic mass is 9.88. The number of rotatable bonds is 3. The first kappa shape index (κ1) is 11.0. The Morgan fingerprint density at radius 3 is 2.80 bits per heavy atom. The van der Waals surface area contributed by atoms with Crippen LogP contribution in [0.3, 0.4) is 0 Å². The lowest BCUT2D eigenvalue weighted by Gasteiger charge is -2.36. The van der Waals surface area contributed by atoms with Crippen LogP contribution in [0.25, 0.3) is 0 Å². The molecule has 1 aromatic heterocycles. The summed E-state index contributed by atoms with van der Waals surface area (Å²) in [5.74, 6) is 0. The molecule has 0 aliphatic carbocycles. The van der Waals surface area contributed by atoms with Gasteiger partial charge in [-0.1, -0.05) is 0 Å². The molecule has 1 N–H and O–H groups in total. The third-order valence-electron chi connectivity index (χ3n) is 3.11. The van der Waals surface area contributed by atoms with E-state index in [1.807, 2.05) is 13.3 Å². The average Bonchev–Trinajstić information content (AvgIpc) is 2.65. The van der Waals surface area contributed by atoms with Crippen molar-refractivity contribution in [2.45, 2.75) is 31.8 Å². The maximum absolute atomic E-state index is 5.73. The van der Waals surface area contributed by atoms with E-state index in [0.29, 0.717) is 0 Å². The monoisotopic (exact) mass is 226 g/mol. The van der Waals surface area contributed by atoms with Gasteiger partial charge in [-0.15, -0.1) is 11.3 Å². The van der Waals surface area contributed by atoms with Crippen molar-refractivity contribution in [3.05, 3.63) is 16.1 Å². The predicted octanol–water partition coefficient (Wildman–Crippen LogP) is 1.76. The molecule has 3 nitrogen and oxygen atoms in total. The summed E-state index contributed by atoms with van der Waals surface area (Å²) in [6.07, 6.45) is 5.19. The summed E-state index contributed by atoms with van der Waals surface area (Å²) in [5.41, 5.74) is 0.0459. The molecule has 1 aliphatic heterocycles. The van der Waals surface area contributed by atoms with Crippen LogP contribution in [0.1, 0.15) is 22.7 Å². The van der Waals surface area contributed by atoms with E-state index in [0.717, 1.165) is 37.4 Å². The van der Waals surface area contributed by atoms with Gasteiger partial charge in [-0.05, 0) is 32.9 Å². The Morgan fingerprint density at radius 2 is 2.27 bits per heavy atom. The van der Waals surface area contributed by atoms with Crippen LogP contribution in [-0.4, -0.2) is 30.8 Å². The molecule has 0 spiro atoms. The fourth-order valence-electron chi connectivity index (χ4n) is 2.14. The smallest absolute Gasteiger partial charge is 0.0896 e. The van der Waals surface area contributed by atoms with Gasteiger partial charge in [0.2, 0.25) is 0 Å². The zero-order chi connectivity index (χ0) is 10.7. The fourth-order valence-corrected chi connectivity index (χ4v) is 3.07. The van der Waals surface area contributed by atoms with Gasteiger partial charge in [0.15, 0.2) is 0 Å². The van der Waals surface area contributed by atoms with E-state index < -0.39 is 0 Å². The first-order valence-corrected chi connectivity index (χ1v) is 6.23. The molecular weight excluding hydrogens is 208 g/mol. The van der Waals surface area contributed by atoms with Crippen LogP contribution in [-0.2, 0) is 11.2 Å². The largest absolute Gasteiger partial charge is 0.378 e. The number of thiazole rings is 1. The van der Waals surface area contributed by atoms with Gasteiger partial charge >= 0.3 is 0 Å². The van der Waals surface area contributed by atoms with Crippen LogP contribution in [0.5, 0.6) is 0 Å². The van der Waals surface area contributed by atoms with Crippen LogP contribution >= 0.6 is 11.3 Å². The standard InChI is InChI=1S/C11H18N2OS/c1-9-13-8-10(15-9)7-11(14-2)3-5-12-6-4-11/h8,12H,3-7H2,1-2H3. The van der Waals surface area contributed by atoms with E-state index in [2.05, 4.69) is 17.2 Å². The van der Waals surface area contributed by atoms with Gasteiger partial charge in [0.25, 0.3) is 0 Å². The molecule has 15 heavy (non-hydrogen) atoms. The molecule has 0 aromatic carbocycles. The second-order valence-corrected chi connectivity index (χ2v) is 5.48. The molecule has 2 rings (SSSR count). The maximum atomic E-state index is 5.73. The Kier molecular flexibility index (Phi) is 3.38. The molecule has 1 aliphatic rings. The van der Waals surface area contributed by atoms with Crippen molar-refractivity contribution in [2.75, 3.05) is 20.2 Å². The lowest BCUT2D eigenvalue weighted by Crippen LogP contribution is -2.44. The number of aryl methyl sites for hydroxylation is 1. The van der Waals surface area contributed by atoms with Crippen LogP contribution in [0.2, 0.25) is 0 Å². The summed E-state index contributed by atoms with van der Waals surface area (Å²) >= 11 is 1.78. The summed E-state index contributed by atoms with van der Waals surface area (Å²) in [6, 6.07) is 0. The lowest BCUT2D eigenvalue weighted by molar-refractivity contribution is -0.0328. The number of nitrogens with one attached hydrogen (secondary N) is 1. The normalized spacial score (nSPS) is 20.4. The average molecular weight is 226 g/mol. The Balaban J connectivity index is 2.06. The van der Waals surface area contributed by atoms with Gasteiger partial charge in [-0.25, -0.2) is 4.98 Å². The van der Waals surface area contributed by atoms with E-state index in [1.54, 1.807) is 11.3 Å². The highest BCUT2D eigenvalue weighted by atomic mass is 32.1. The van der Waals surface area contributed by atoms with Crippen molar-refractivity contribution in [1.29, 1.82) is 0 Å².